The van der Waals surface area contributed by atoms with Gasteiger partial charge in [-0.15, -0.1) is 0 Å². The van der Waals surface area contributed by atoms with E-state index in [1.165, 1.54) is 0 Å². The van der Waals surface area contributed by atoms with Gasteiger partial charge in [0.05, 0.1) is 11.1 Å². The second kappa shape index (κ2) is 7.85. The molecule has 0 saturated carbocycles. The minimum atomic E-state index is 0.255. The topological polar surface area (TPSA) is 35.9 Å². The van der Waals surface area contributed by atoms with Gasteiger partial charge in [-0.2, -0.15) is 0 Å². The highest BCUT2D eigenvalue weighted by molar-refractivity contribution is 9.10. The van der Waals surface area contributed by atoms with Gasteiger partial charge in [0, 0.05) is 39.3 Å². The Morgan fingerprint density at radius 2 is 1.68 bits per heavy atom. The van der Waals surface area contributed by atoms with Crippen molar-refractivity contribution >= 4 is 15.9 Å². The summed E-state index contributed by atoms with van der Waals surface area (Å²) in [5, 5.41) is 8.90. The molecule has 0 amide bonds. The maximum Gasteiger partial charge on any atom is 0.133 e. The Morgan fingerprint density at radius 1 is 1.05 bits per heavy atom. The van der Waals surface area contributed by atoms with E-state index in [1.807, 2.05) is 24.3 Å². The first-order valence-electron chi connectivity index (χ1n) is 6.72. The molecule has 5 heteroatoms. The number of ether oxygens (including phenoxy) is 1. The third-order valence-corrected chi connectivity index (χ3v) is 4.04. The fraction of sp³-hybridized carbons (Fsp3) is 0.571. The molecule has 4 nitrogen and oxygen atoms in total. The molecule has 1 aromatic rings. The third kappa shape index (κ3) is 4.76. The van der Waals surface area contributed by atoms with Crippen molar-refractivity contribution in [2.24, 2.45) is 0 Å². The van der Waals surface area contributed by atoms with Crippen LogP contribution in [0.25, 0.3) is 0 Å². The van der Waals surface area contributed by atoms with Gasteiger partial charge < -0.3 is 9.84 Å². The number of aliphatic hydroxyl groups excluding tert-OH is 1. The molecule has 0 bridgehead atoms. The Hall–Kier alpha value is -0.620. The van der Waals surface area contributed by atoms with E-state index in [9.17, 15) is 0 Å². The van der Waals surface area contributed by atoms with Crippen molar-refractivity contribution in [1.29, 1.82) is 0 Å². The maximum atomic E-state index is 8.90. The molecule has 1 fully saturated rings. The molecule has 1 N–H and O–H groups in total. The standard InChI is InChI=1S/C14H21BrN2O2/c15-13-3-1-2-4-14(13)19-12-10-17-7-5-16(6-8-17)9-11-18/h1-4,18H,5-12H2. The van der Waals surface area contributed by atoms with Crippen LogP contribution in [0.15, 0.2) is 28.7 Å². The van der Waals surface area contributed by atoms with Gasteiger partial charge in [0.25, 0.3) is 0 Å². The van der Waals surface area contributed by atoms with E-state index in [2.05, 4.69) is 25.7 Å². The Morgan fingerprint density at radius 3 is 2.32 bits per heavy atom. The van der Waals surface area contributed by atoms with Crippen LogP contribution in [0, 0.1) is 0 Å². The molecule has 1 aliphatic heterocycles. The van der Waals surface area contributed by atoms with Crippen molar-refractivity contribution in [1.82, 2.24) is 9.80 Å². The Kier molecular flexibility index (Phi) is 6.10. The molecule has 1 saturated heterocycles. The molecular formula is C14H21BrN2O2. The van der Waals surface area contributed by atoms with E-state index in [1.54, 1.807) is 0 Å². The quantitative estimate of drug-likeness (QED) is 0.857. The minimum Gasteiger partial charge on any atom is -0.491 e. The lowest BCUT2D eigenvalue weighted by atomic mass is 10.3. The Labute approximate surface area is 123 Å². The largest absolute Gasteiger partial charge is 0.491 e. The Bertz CT molecular complexity index is 381. The number of para-hydroxylation sites is 1. The number of halogens is 1. The number of piperazine rings is 1. The van der Waals surface area contributed by atoms with Gasteiger partial charge in [0.15, 0.2) is 0 Å². The number of β-amino-alcohol motifs (C(OH)–C–C–N with tert-alkyl or cyclic N) is 1. The minimum absolute atomic E-state index is 0.255. The molecule has 0 unspecified atom stereocenters. The van der Waals surface area contributed by atoms with Crippen LogP contribution < -0.4 is 4.74 Å². The molecular weight excluding hydrogens is 308 g/mol. The number of hydrogen-bond donors (Lipinski definition) is 1. The predicted octanol–water partition coefficient (Wildman–Crippen LogP) is 1.44. The lowest BCUT2D eigenvalue weighted by Crippen LogP contribution is -2.48. The van der Waals surface area contributed by atoms with E-state index in [-0.39, 0.29) is 6.61 Å². The average molecular weight is 329 g/mol. The first-order chi connectivity index (χ1) is 9.29. The van der Waals surface area contributed by atoms with Gasteiger partial charge in [-0.05, 0) is 28.1 Å². The number of rotatable bonds is 6. The molecule has 106 valence electrons. The number of benzene rings is 1. The van der Waals surface area contributed by atoms with Crippen molar-refractivity contribution in [2.45, 2.75) is 0 Å². The van der Waals surface area contributed by atoms with E-state index in [0.717, 1.165) is 49.5 Å². The zero-order chi connectivity index (χ0) is 13.5. The van der Waals surface area contributed by atoms with Crippen LogP contribution in [0.5, 0.6) is 5.75 Å². The van der Waals surface area contributed by atoms with Crippen LogP contribution in [0.4, 0.5) is 0 Å². The van der Waals surface area contributed by atoms with Gasteiger partial charge in [-0.1, -0.05) is 12.1 Å². The highest BCUT2D eigenvalue weighted by Crippen LogP contribution is 2.23. The normalized spacial score (nSPS) is 17.6. The van der Waals surface area contributed by atoms with E-state index in [4.69, 9.17) is 9.84 Å². The Balaban J connectivity index is 1.66. The molecule has 0 atom stereocenters. The smallest absolute Gasteiger partial charge is 0.133 e. The van der Waals surface area contributed by atoms with Crippen LogP contribution in [0.2, 0.25) is 0 Å². The molecule has 19 heavy (non-hydrogen) atoms. The van der Waals surface area contributed by atoms with Crippen LogP contribution in [0.1, 0.15) is 0 Å². The first kappa shape index (κ1) is 14.8. The molecule has 0 spiro atoms. The number of hydrogen-bond acceptors (Lipinski definition) is 4. The van der Waals surface area contributed by atoms with Crippen molar-refractivity contribution in [3.8, 4) is 5.75 Å². The van der Waals surface area contributed by atoms with Crippen LogP contribution in [0.3, 0.4) is 0 Å². The van der Waals surface area contributed by atoms with Gasteiger partial charge in [-0.25, -0.2) is 0 Å². The number of nitrogens with zero attached hydrogens (tertiary/aromatic N) is 2. The van der Waals surface area contributed by atoms with Crippen molar-refractivity contribution in [3.63, 3.8) is 0 Å². The molecule has 1 aromatic carbocycles. The van der Waals surface area contributed by atoms with Gasteiger partial charge >= 0.3 is 0 Å². The zero-order valence-corrected chi connectivity index (χ0v) is 12.7. The monoisotopic (exact) mass is 328 g/mol. The fourth-order valence-corrected chi connectivity index (χ4v) is 2.62. The average Bonchev–Trinajstić information content (AvgIpc) is 2.43. The van der Waals surface area contributed by atoms with Gasteiger partial charge in [0.2, 0.25) is 0 Å². The number of aliphatic hydroxyl groups is 1. The van der Waals surface area contributed by atoms with Crippen molar-refractivity contribution in [3.05, 3.63) is 28.7 Å². The molecule has 2 rings (SSSR count). The summed E-state index contributed by atoms with van der Waals surface area (Å²) in [6, 6.07) is 7.93. The van der Waals surface area contributed by atoms with E-state index < -0.39 is 0 Å². The lowest BCUT2D eigenvalue weighted by molar-refractivity contribution is 0.101. The highest BCUT2D eigenvalue weighted by Gasteiger charge is 2.15. The summed E-state index contributed by atoms with van der Waals surface area (Å²) in [5.74, 6) is 0.904. The van der Waals surface area contributed by atoms with Crippen LogP contribution in [-0.2, 0) is 0 Å². The summed E-state index contributed by atoms with van der Waals surface area (Å²) in [5.41, 5.74) is 0. The van der Waals surface area contributed by atoms with Crippen LogP contribution in [-0.4, -0.2) is 67.4 Å². The molecule has 1 aliphatic rings. The maximum absolute atomic E-state index is 8.90. The molecule has 0 aliphatic carbocycles. The second-order valence-electron chi connectivity index (χ2n) is 4.69. The predicted molar refractivity (Wildman–Crippen MR) is 79.6 cm³/mol. The summed E-state index contributed by atoms with van der Waals surface area (Å²) in [7, 11) is 0. The van der Waals surface area contributed by atoms with E-state index >= 15 is 0 Å². The summed E-state index contributed by atoms with van der Waals surface area (Å²) >= 11 is 3.48. The SMILES string of the molecule is OCCN1CCN(CCOc2ccccc2Br)CC1. The summed E-state index contributed by atoms with van der Waals surface area (Å²) in [6.07, 6.45) is 0. The zero-order valence-electron chi connectivity index (χ0n) is 11.1. The van der Waals surface area contributed by atoms with Gasteiger partial charge in [0.1, 0.15) is 12.4 Å². The molecule has 0 radical (unpaired) electrons. The molecule has 0 aromatic heterocycles. The van der Waals surface area contributed by atoms with E-state index in [0.29, 0.717) is 6.61 Å². The summed E-state index contributed by atoms with van der Waals surface area (Å²) in [4.78, 5) is 4.70. The fourth-order valence-electron chi connectivity index (χ4n) is 2.22. The first-order valence-corrected chi connectivity index (χ1v) is 7.52. The highest BCUT2D eigenvalue weighted by atomic mass is 79.9. The lowest BCUT2D eigenvalue weighted by Gasteiger charge is -2.34. The van der Waals surface area contributed by atoms with Crippen LogP contribution >= 0.6 is 15.9 Å². The molecule has 1 heterocycles. The summed E-state index contributed by atoms with van der Waals surface area (Å²) in [6.45, 7) is 6.90. The summed E-state index contributed by atoms with van der Waals surface area (Å²) < 4.78 is 6.77. The van der Waals surface area contributed by atoms with Crippen molar-refractivity contribution in [2.75, 3.05) is 52.5 Å². The second-order valence-corrected chi connectivity index (χ2v) is 5.54. The van der Waals surface area contributed by atoms with Crippen molar-refractivity contribution < 1.29 is 9.84 Å². The van der Waals surface area contributed by atoms with Gasteiger partial charge in [-0.3, -0.25) is 9.80 Å². The third-order valence-electron chi connectivity index (χ3n) is 3.38.